The van der Waals surface area contributed by atoms with E-state index in [1.54, 1.807) is 30.3 Å². The minimum absolute atomic E-state index is 0.000949. The number of halogens is 1. The fraction of sp³-hybridized carbons (Fsp3) is 0.208. The number of rotatable bonds is 7. The third-order valence-electron chi connectivity index (χ3n) is 5.81. The van der Waals surface area contributed by atoms with Crippen LogP contribution in [0.4, 0.5) is 10.1 Å². The number of sulfonamides is 1. The average Bonchev–Trinajstić information content (AvgIpc) is 3.17. The van der Waals surface area contributed by atoms with Crippen LogP contribution < -0.4 is 15.4 Å². The normalized spacial score (nSPS) is 16.6. The second kappa shape index (κ2) is 9.50. The van der Waals surface area contributed by atoms with Crippen molar-refractivity contribution in [3.8, 4) is 11.1 Å². The maximum Gasteiger partial charge on any atom is 0.245 e. The summed E-state index contributed by atoms with van der Waals surface area (Å²) in [5.74, 6) is -1.30. The zero-order valence-electron chi connectivity index (χ0n) is 18.8. The number of amides is 1. The molecule has 8 nitrogen and oxygen atoms in total. The maximum atomic E-state index is 15.1. The molecule has 0 aliphatic carbocycles. The topological polar surface area (TPSA) is 127 Å². The first-order valence-corrected chi connectivity index (χ1v) is 14.1. The van der Waals surface area contributed by atoms with E-state index < -0.39 is 37.6 Å². The number of carbonyl (C=O) groups is 1. The van der Waals surface area contributed by atoms with E-state index >= 15 is 4.39 Å². The predicted octanol–water partition coefficient (Wildman–Crippen LogP) is 2.44. The summed E-state index contributed by atoms with van der Waals surface area (Å²) in [6.45, 7) is 0.391. The molecule has 1 heterocycles. The molecule has 0 spiro atoms. The third kappa shape index (κ3) is 5.13. The van der Waals surface area contributed by atoms with Gasteiger partial charge in [0.15, 0.2) is 9.84 Å². The molecule has 1 atom stereocenters. The van der Waals surface area contributed by atoms with Crippen molar-refractivity contribution in [1.82, 2.24) is 4.72 Å². The molecule has 3 N–H and O–H groups in total. The summed E-state index contributed by atoms with van der Waals surface area (Å²) < 4.78 is 67.2. The molecule has 0 aromatic heterocycles. The summed E-state index contributed by atoms with van der Waals surface area (Å²) >= 11 is 0. The van der Waals surface area contributed by atoms with Crippen molar-refractivity contribution in [2.24, 2.45) is 5.73 Å². The fourth-order valence-electron chi connectivity index (χ4n) is 4.01. The van der Waals surface area contributed by atoms with Crippen LogP contribution in [0.5, 0.6) is 0 Å². The van der Waals surface area contributed by atoms with Crippen LogP contribution in [0.15, 0.2) is 76.5 Å². The molecule has 1 saturated heterocycles. The van der Waals surface area contributed by atoms with Crippen molar-refractivity contribution in [1.29, 1.82) is 0 Å². The highest BCUT2D eigenvalue weighted by molar-refractivity contribution is 7.91. The Bertz CT molecular complexity index is 1490. The van der Waals surface area contributed by atoms with Crippen LogP contribution in [0.2, 0.25) is 0 Å². The Kier molecular flexibility index (Phi) is 6.78. The van der Waals surface area contributed by atoms with Gasteiger partial charge >= 0.3 is 0 Å². The first-order chi connectivity index (χ1) is 16.5. The Hall–Kier alpha value is -3.12. The van der Waals surface area contributed by atoms with Gasteiger partial charge in [0.25, 0.3) is 0 Å². The lowest BCUT2D eigenvalue weighted by Crippen LogP contribution is -2.41. The van der Waals surface area contributed by atoms with Gasteiger partial charge in [-0.1, -0.05) is 36.4 Å². The van der Waals surface area contributed by atoms with Crippen LogP contribution >= 0.6 is 0 Å². The Labute approximate surface area is 203 Å². The van der Waals surface area contributed by atoms with Crippen LogP contribution in [0.3, 0.4) is 0 Å². The summed E-state index contributed by atoms with van der Waals surface area (Å²) in [5, 5.41) is 0. The van der Waals surface area contributed by atoms with Crippen molar-refractivity contribution < 1.29 is 26.0 Å². The molecule has 1 aliphatic rings. The van der Waals surface area contributed by atoms with E-state index in [0.29, 0.717) is 11.1 Å². The monoisotopic (exact) mass is 517 g/mol. The summed E-state index contributed by atoms with van der Waals surface area (Å²) in [4.78, 5) is 14.2. The summed E-state index contributed by atoms with van der Waals surface area (Å²) in [6.07, 6.45) is 1.24. The van der Waals surface area contributed by atoms with Gasteiger partial charge in [0.1, 0.15) is 11.9 Å². The SMILES string of the molecule is CS(=O)(=O)c1ccccc1-c1ccc(N2CCC(NS(=O)(=O)c3ccc(CN)cc3)C2=O)c(F)c1. The molecular formula is C24H24FN3O5S2. The Morgan fingerprint density at radius 2 is 1.71 bits per heavy atom. The number of anilines is 1. The van der Waals surface area contributed by atoms with Crippen LogP contribution in [0, 0.1) is 5.82 Å². The number of carbonyl (C=O) groups excluding carboxylic acids is 1. The van der Waals surface area contributed by atoms with Gasteiger partial charge in [-0.25, -0.2) is 21.2 Å². The molecule has 0 bridgehead atoms. The molecule has 1 amide bonds. The van der Waals surface area contributed by atoms with Crippen LogP contribution in [-0.4, -0.2) is 41.6 Å². The van der Waals surface area contributed by atoms with E-state index in [2.05, 4.69) is 4.72 Å². The van der Waals surface area contributed by atoms with Gasteiger partial charge in [-0.15, -0.1) is 0 Å². The van der Waals surface area contributed by atoms with E-state index in [1.807, 2.05) is 0 Å². The molecule has 0 saturated carbocycles. The summed E-state index contributed by atoms with van der Waals surface area (Å²) in [5.41, 5.74) is 6.99. The molecule has 1 fully saturated rings. The van der Waals surface area contributed by atoms with E-state index in [-0.39, 0.29) is 35.0 Å². The number of nitrogens with zero attached hydrogens (tertiary/aromatic N) is 1. The Morgan fingerprint density at radius 3 is 2.34 bits per heavy atom. The standard InChI is InChI=1S/C24H24FN3O5S2/c1-34(30,31)23-5-3-2-4-19(23)17-8-11-22(20(25)14-17)28-13-12-21(24(28)29)27-35(32,33)18-9-6-16(15-26)7-10-18/h2-11,14,21,27H,12-13,15,26H2,1H3. The van der Waals surface area contributed by atoms with Crippen LogP contribution in [0.25, 0.3) is 11.1 Å². The molecule has 184 valence electrons. The van der Waals surface area contributed by atoms with Gasteiger partial charge in [-0.2, -0.15) is 4.72 Å². The molecule has 3 aromatic carbocycles. The lowest BCUT2D eigenvalue weighted by atomic mass is 10.0. The zero-order chi connectivity index (χ0) is 25.4. The van der Waals surface area contributed by atoms with Gasteiger partial charge in [-0.3, -0.25) is 4.79 Å². The number of hydrogen-bond donors (Lipinski definition) is 2. The largest absolute Gasteiger partial charge is 0.326 e. The van der Waals surface area contributed by atoms with Gasteiger partial charge in [0, 0.05) is 24.9 Å². The Balaban J connectivity index is 1.56. The maximum absolute atomic E-state index is 15.1. The van der Waals surface area contributed by atoms with Crippen molar-refractivity contribution in [3.05, 3.63) is 78.1 Å². The van der Waals surface area contributed by atoms with Gasteiger partial charge in [0.2, 0.25) is 15.9 Å². The smallest absolute Gasteiger partial charge is 0.245 e. The minimum atomic E-state index is -3.97. The molecule has 1 unspecified atom stereocenters. The third-order valence-corrected chi connectivity index (χ3v) is 8.45. The number of benzene rings is 3. The highest BCUT2D eigenvalue weighted by Crippen LogP contribution is 2.32. The number of nitrogens with two attached hydrogens (primary N) is 1. The van der Waals surface area contributed by atoms with Crippen LogP contribution in [0.1, 0.15) is 12.0 Å². The molecule has 35 heavy (non-hydrogen) atoms. The second-order valence-corrected chi connectivity index (χ2v) is 11.9. The molecular weight excluding hydrogens is 493 g/mol. The Morgan fingerprint density at radius 1 is 1.03 bits per heavy atom. The lowest BCUT2D eigenvalue weighted by Gasteiger charge is -2.19. The first kappa shape index (κ1) is 25.0. The quantitative estimate of drug-likeness (QED) is 0.496. The van der Waals surface area contributed by atoms with E-state index in [4.69, 9.17) is 5.73 Å². The summed E-state index contributed by atoms with van der Waals surface area (Å²) in [7, 11) is -7.51. The molecule has 0 radical (unpaired) electrons. The van der Waals surface area contributed by atoms with Crippen molar-refractivity contribution in [3.63, 3.8) is 0 Å². The van der Waals surface area contributed by atoms with Gasteiger partial charge in [0.05, 0.1) is 15.5 Å². The van der Waals surface area contributed by atoms with Crippen molar-refractivity contribution in [2.45, 2.75) is 28.8 Å². The zero-order valence-corrected chi connectivity index (χ0v) is 20.4. The van der Waals surface area contributed by atoms with Crippen LogP contribution in [-0.2, 0) is 31.2 Å². The highest BCUT2D eigenvalue weighted by atomic mass is 32.2. The van der Waals surface area contributed by atoms with Crippen molar-refractivity contribution in [2.75, 3.05) is 17.7 Å². The van der Waals surface area contributed by atoms with Crippen molar-refractivity contribution >= 4 is 31.5 Å². The van der Waals surface area contributed by atoms with E-state index in [9.17, 15) is 21.6 Å². The molecule has 1 aliphatic heterocycles. The average molecular weight is 518 g/mol. The number of sulfone groups is 1. The first-order valence-electron chi connectivity index (χ1n) is 10.7. The number of hydrogen-bond acceptors (Lipinski definition) is 6. The molecule has 3 aromatic rings. The predicted molar refractivity (Wildman–Crippen MR) is 130 cm³/mol. The van der Waals surface area contributed by atoms with Gasteiger partial charge < -0.3 is 10.6 Å². The number of nitrogens with one attached hydrogen (secondary N) is 1. The molecule has 4 rings (SSSR count). The second-order valence-electron chi connectivity index (χ2n) is 8.24. The summed E-state index contributed by atoms with van der Waals surface area (Å²) in [6, 6.07) is 15.3. The van der Waals surface area contributed by atoms with E-state index in [1.165, 1.54) is 41.3 Å². The fourth-order valence-corrected chi connectivity index (χ4v) is 6.15. The van der Waals surface area contributed by atoms with Gasteiger partial charge in [-0.05, 0) is 47.9 Å². The minimum Gasteiger partial charge on any atom is -0.326 e. The highest BCUT2D eigenvalue weighted by Gasteiger charge is 2.36. The lowest BCUT2D eigenvalue weighted by molar-refractivity contribution is -0.118. The molecule has 11 heteroatoms. The van der Waals surface area contributed by atoms with E-state index in [0.717, 1.165) is 11.8 Å².